The van der Waals surface area contributed by atoms with E-state index in [4.69, 9.17) is 15.1 Å². The molecule has 6 heteroatoms. The fourth-order valence-corrected chi connectivity index (χ4v) is 1.71. The molecule has 1 rings (SSSR count). The zero-order chi connectivity index (χ0) is 14.4. The summed E-state index contributed by atoms with van der Waals surface area (Å²) >= 11 is 0. The van der Waals surface area contributed by atoms with Crippen molar-refractivity contribution in [3.63, 3.8) is 0 Å². The molecule has 3 N–H and O–H groups in total. The van der Waals surface area contributed by atoms with E-state index in [-0.39, 0.29) is 18.4 Å². The number of benzene rings is 1. The molecule has 1 aromatic rings. The first-order valence-electron chi connectivity index (χ1n) is 5.61. The van der Waals surface area contributed by atoms with E-state index in [1.807, 2.05) is 0 Å². The van der Waals surface area contributed by atoms with Crippen LogP contribution in [0.5, 0.6) is 5.75 Å². The van der Waals surface area contributed by atoms with Gasteiger partial charge in [-0.2, -0.15) is 5.26 Å². The Balaban J connectivity index is 3.13. The van der Waals surface area contributed by atoms with Gasteiger partial charge in [0.2, 0.25) is 0 Å². The summed E-state index contributed by atoms with van der Waals surface area (Å²) in [4.78, 5) is 10.8. The Hall–Kier alpha value is -2.10. The van der Waals surface area contributed by atoms with Gasteiger partial charge in [-0.25, -0.2) is 0 Å². The summed E-state index contributed by atoms with van der Waals surface area (Å²) in [6.07, 6.45) is -3.13. The lowest BCUT2D eigenvalue weighted by molar-refractivity contribution is -0.136. The molecule has 0 heterocycles. The average Bonchev–Trinajstić information content (AvgIpc) is 2.38. The Labute approximate surface area is 110 Å². The molecule has 2 unspecified atom stereocenters. The van der Waals surface area contributed by atoms with Gasteiger partial charge in [0.1, 0.15) is 11.9 Å². The number of ether oxygens (including phenoxy) is 1. The monoisotopic (exact) mass is 265 g/mol. The summed E-state index contributed by atoms with van der Waals surface area (Å²) in [5.41, 5.74) is 0.627. The third-order valence-corrected chi connectivity index (χ3v) is 2.68. The molecule has 6 nitrogen and oxygen atoms in total. The lowest BCUT2D eigenvalue weighted by atomic mass is 9.95. The number of methoxy groups -OCH3 is 1. The molecule has 0 saturated heterocycles. The van der Waals surface area contributed by atoms with Gasteiger partial charge in [-0.1, -0.05) is 6.07 Å². The van der Waals surface area contributed by atoms with E-state index in [1.165, 1.54) is 19.2 Å². The highest BCUT2D eigenvalue weighted by Gasteiger charge is 2.22. The van der Waals surface area contributed by atoms with Crippen LogP contribution in [-0.4, -0.2) is 34.5 Å². The highest BCUT2D eigenvalue weighted by atomic mass is 16.5. The first kappa shape index (κ1) is 15.0. The molecular formula is C13H15NO5. The SMILES string of the molecule is COc1ccc(CC(=O)O)c(C(O)C(O)CC#N)c1. The lowest BCUT2D eigenvalue weighted by Gasteiger charge is -2.19. The molecular weight excluding hydrogens is 250 g/mol. The lowest BCUT2D eigenvalue weighted by Crippen LogP contribution is -2.19. The molecule has 0 amide bonds. The zero-order valence-corrected chi connectivity index (χ0v) is 10.4. The highest BCUT2D eigenvalue weighted by molar-refractivity contribution is 5.71. The van der Waals surface area contributed by atoms with Gasteiger partial charge in [0, 0.05) is 0 Å². The number of carbonyl (C=O) groups is 1. The number of rotatable bonds is 6. The predicted octanol–water partition coefficient (Wildman–Crippen LogP) is 0.630. The average molecular weight is 265 g/mol. The molecule has 0 radical (unpaired) electrons. The van der Waals surface area contributed by atoms with Crippen molar-refractivity contribution < 1.29 is 24.9 Å². The Morgan fingerprint density at radius 2 is 2.16 bits per heavy atom. The van der Waals surface area contributed by atoms with Crippen LogP contribution in [0.3, 0.4) is 0 Å². The second kappa shape index (κ2) is 6.73. The number of aliphatic hydroxyl groups is 2. The number of hydrogen-bond donors (Lipinski definition) is 3. The number of hydrogen-bond acceptors (Lipinski definition) is 5. The minimum atomic E-state index is -1.33. The Bertz CT molecular complexity index is 494. The molecule has 102 valence electrons. The van der Waals surface area contributed by atoms with Crippen molar-refractivity contribution in [2.75, 3.05) is 7.11 Å². The quantitative estimate of drug-likeness (QED) is 0.695. The van der Waals surface area contributed by atoms with Gasteiger partial charge >= 0.3 is 5.97 Å². The maximum Gasteiger partial charge on any atom is 0.307 e. The Kier molecular flexibility index (Phi) is 5.30. The maximum absolute atomic E-state index is 10.8. The zero-order valence-electron chi connectivity index (χ0n) is 10.4. The van der Waals surface area contributed by atoms with Crippen LogP contribution in [0.2, 0.25) is 0 Å². The first-order valence-corrected chi connectivity index (χ1v) is 5.61. The van der Waals surface area contributed by atoms with Gasteiger partial charge in [-0.05, 0) is 23.3 Å². The highest BCUT2D eigenvalue weighted by Crippen LogP contribution is 2.27. The standard InChI is InChI=1S/C13H15NO5/c1-19-9-3-2-8(6-12(16)17)10(7-9)13(18)11(15)4-5-14/h2-3,7,11,13,15,18H,4,6H2,1H3,(H,16,17). The van der Waals surface area contributed by atoms with Crippen molar-refractivity contribution in [1.82, 2.24) is 0 Å². The number of aliphatic hydroxyl groups excluding tert-OH is 2. The molecule has 0 saturated carbocycles. The van der Waals surface area contributed by atoms with Crippen LogP contribution >= 0.6 is 0 Å². The van der Waals surface area contributed by atoms with E-state index >= 15 is 0 Å². The molecule has 0 aliphatic rings. The summed E-state index contributed by atoms with van der Waals surface area (Å²) in [6.45, 7) is 0. The van der Waals surface area contributed by atoms with Gasteiger partial charge in [0.05, 0.1) is 32.1 Å². The van der Waals surface area contributed by atoms with Crippen molar-refractivity contribution in [3.8, 4) is 11.8 Å². The van der Waals surface area contributed by atoms with Crippen LogP contribution < -0.4 is 4.74 Å². The van der Waals surface area contributed by atoms with Gasteiger partial charge < -0.3 is 20.1 Å². The van der Waals surface area contributed by atoms with Crippen molar-refractivity contribution in [1.29, 1.82) is 5.26 Å². The summed E-state index contributed by atoms with van der Waals surface area (Å²) in [5.74, 6) is -0.610. The van der Waals surface area contributed by atoms with Crippen molar-refractivity contribution in [2.45, 2.75) is 25.0 Å². The van der Waals surface area contributed by atoms with Gasteiger partial charge in [0.25, 0.3) is 0 Å². The van der Waals surface area contributed by atoms with Crippen molar-refractivity contribution in [3.05, 3.63) is 29.3 Å². The summed E-state index contributed by atoms with van der Waals surface area (Å²) in [5, 5.41) is 36.9. The second-order valence-electron chi connectivity index (χ2n) is 4.01. The molecule has 0 fully saturated rings. The van der Waals surface area contributed by atoms with Gasteiger partial charge in [-0.3, -0.25) is 4.79 Å². The fraction of sp³-hybridized carbons (Fsp3) is 0.385. The van der Waals surface area contributed by atoms with Crippen molar-refractivity contribution in [2.24, 2.45) is 0 Å². The third kappa shape index (κ3) is 3.95. The molecule has 0 aromatic heterocycles. The molecule has 19 heavy (non-hydrogen) atoms. The normalized spacial score (nSPS) is 13.4. The molecule has 2 atom stereocenters. The minimum absolute atomic E-state index is 0.245. The number of carboxylic acids is 1. The summed E-state index contributed by atoms with van der Waals surface area (Å²) in [7, 11) is 1.44. The van der Waals surface area contributed by atoms with Crippen molar-refractivity contribution >= 4 is 5.97 Å². The van der Waals surface area contributed by atoms with E-state index in [2.05, 4.69) is 0 Å². The minimum Gasteiger partial charge on any atom is -0.497 e. The number of carboxylic acid groups (broad SMARTS) is 1. The smallest absolute Gasteiger partial charge is 0.307 e. The van der Waals surface area contributed by atoms with E-state index in [9.17, 15) is 15.0 Å². The predicted molar refractivity (Wildman–Crippen MR) is 65.5 cm³/mol. The van der Waals surface area contributed by atoms with Crippen LogP contribution in [0.25, 0.3) is 0 Å². The second-order valence-corrected chi connectivity index (χ2v) is 4.01. The fourth-order valence-electron chi connectivity index (χ4n) is 1.71. The van der Waals surface area contributed by atoms with E-state index in [1.54, 1.807) is 12.1 Å². The van der Waals surface area contributed by atoms with Crippen LogP contribution in [0.15, 0.2) is 18.2 Å². The van der Waals surface area contributed by atoms with Gasteiger partial charge in [-0.15, -0.1) is 0 Å². The molecule has 0 spiro atoms. The maximum atomic E-state index is 10.8. The topological polar surface area (TPSA) is 111 Å². The third-order valence-electron chi connectivity index (χ3n) is 2.68. The van der Waals surface area contributed by atoms with Crippen LogP contribution in [0.1, 0.15) is 23.7 Å². The molecule has 0 bridgehead atoms. The largest absolute Gasteiger partial charge is 0.497 e. The Morgan fingerprint density at radius 1 is 1.47 bits per heavy atom. The summed E-state index contributed by atoms with van der Waals surface area (Å²) in [6, 6.07) is 6.30. The summed E-state index contributed by atoms with van der Waals surface area (Å²) < 4.78 is 5.00. The Morgan fingerprint density at radius 3 is 2.68 bits per heavy atom. The van der Waals surface area contributed by atoms with E-state index in [0.29, 0.717) is 11.3 Å². The van der Waals surface area contributed by atoms with Crippen LogP contribution in [0, 0.1) is 11.3 Å². The van der Waals surface area contributed by atoms with Gasteiger partial charge in [0.15, 0.2) is 0 Å². The van der Waals surface area contributed by atoms with E-state index in [0.717, 1.165) is 0 Å². The van der Waals surface area contributed by atoms with Crippen LogP contribution in [-0.2, 0) is 11.2 Å². The number of nitrogens with zero attached hydrogens (tertiary/aromatic N) is 1. The molecule has 0 aliphatic carbocycles. The number of aliphatic carboxylic acids is 1. The van der Waals surface area contributed by atoms with Crippen LogP contribution in [0.4, 0.5) is 0 Å². The first-order chi connectivity index (χ1) is 8.99. The van der Waals surface area contributed by atoms with E-state index < -0.39 is 18.2 Å². The molecule has 1 aromatic carbocycles. The molecule has 0 aliphatic heterocycles. The number of nitriles is 1.